The van der Waals surface area contributed by atoms with Gasteiger partial charge in [0.2, 0.25) is 0 Å². The number of alkyl halides is 3. The Morgan fingerprint density at radius 1 is 0.921 bits per heavy atom. The average molecular weight is 525 g/mol. The lowest BCUT2D eigenvalue weighted by Gasteiger charge is -2.23. The summed E-state index contributed by atoms with van der Waals surface area (Å²) in [4.78, 5) is 25.2. The summed E-state index contributed by atoms with van der Waals surface area (Å²) in [5.74, 6) is -3.16. The van der Waals surface area contributed by atoms with Crippen LogP contribution in [0.1, 0.15) is 59.6 Å². The molecule has 4 aromatic rings. The molecule has 2 aromatic carbocycles. The number of hydrogen-bond acceptors (Lipinski definition) is 3. The second-order valence-corrected chi connectivity index (χ2v) is 9.21. The molecule has 0 atom stereocenters. The topological polar surface area (TPSA) is 92.4 Å². The second-order valence-electron chi connectivity index (χ2n) is 9.21. The van der Waals surface area contributed by atoms with Crippen molar-refractivity contribution in [2.75, 3.05) is 0 Å². The molecule has 0 aliphatic heterocycles. The summed E-state index contributed by atoms with van der Waals surface area (Å²) < 4.78 is 34.0. The van der Waals surface area contributed by atoms with Crippen LogP contribution in [-0.2, 0) is 11.3 Å². The van der Waals surface area contributed by atoms with E-state index in [1.807, 2.05) is 42.6 Å². The zero-order chi connectivity index (χ0) is 27.3. The van der Waals surface area contributed by atoms with Crippen molar-refractivity contribution in [3.05, 3.63) is 89.7 Å². The van der Waals surface area contributed by atoms with E-state index in [2.05, 4.69) is 33.8 Å². The standard InChI is InChI=1S/C27H26N2O2.C2HF3O2/c30-27(31)21-14-15-23-24(17-21)29(18-22-13-7-8-16-28-22)26(20-11-5-2-6-12-20)25(23)19-9-3-1-4-10-19;3-2(4,5)1(6)7/h2,5-8,11-17,19H,1,3-4,9-10,18H2,(H,30,31);(H,6,7). The number of halogens is 3. The summed E-state index contributed by atoms with van der Waals surface area (Å²) >= 11 is 0. The van der Waals surface area contributed by atoms with E-state index in [-0.39, 0.29) is 0 Å². The molecule has 1 aliphatic rings. The number of rotatable bonds is 5. The highest BCUT2D eigenvalue weighted by Crippen LogP contribution is 2.44. The van der Waals surface area contributed by atoms with Crippen molar-refractivity contribution in [1.29, 1.82) is 0 Å². The van der Waals surface area contributed by atoms with Crippen LogP contribution in [-0.4, -0.2) is 37.9 Å². The number of aromatic carboxylic acids is 1. The van der Waals surface area contributed by atoms with Crippen LogP contribution in [0.2, 0.25) is 0 Å². The summed E-state index contributed by atoms with van der Waals surface area (Å²) in [5, 5.41) is 17.9. The molecule has 2 N–H and O–H groups in total. The highest BCUT2D eigenvalue weighted by molar-refractivity contribution is 5.98. The fourth-order valence-corrected chi connectivity index (χ4v) is 5.04. The first-order valence-electron chi connectivity index (χ1n) is 12.3. The highest BCUT2D eigenvalue weighted by Gasteiger charge is 2.38. The normalized spacial score (nSPS) is 14.1. The Kier molecular flexibility index (Phi) is 8.14. The number of carbonyl (C=O) groups is 2. The van der Waals surface area contributed by atoms with Crippen molar-refractivity contribution < 1.29 is 33.0 Å². The quantitative estimate of drug-likeness (QED) is 0.290. The summed E-state index contributed by atoms with van der Waals surface area (Å²) in [7, 11) is 0. The lowest BCUT2D eigenvalue weighted by molar-refractivity contribution is -0.192. The fraction of sp³-hybridized carbons (Fsp3) is 0.276. The number of fused-ring (bicyclic) bond motifs is 1. The molecule has 0 spiro atoms. The van der Waals surface area contributed by atoms with E-state index in [4.69, 9.17) is 9.90 Å². The Morgan fingerprint density at radius 2 is 1.58 bits per heavy atom. The van der Waals surface area contributed by atoms with Gasteiger partial charge in [0.25, 0.3) is 0 Å². The first-order chi connectivity index (χ1) is 18.2. The Balaban J connectivity index is 0.000000426. The molecule has 2 heterocycles. The summed E-state index contributed by atoms with van der Waals surface area (Å²) in [6, 6.07) is 22.1. The number of carboxylic acid groups (broad SMARTS) is 2. The van der Waals surface area contributed by atoms with Gasteiger partial charge in [0.1, 0.15) is 0 Å². The first kappa shape index (κ1) is 26.9. The first-order valence-corrected chi connectivity index (χ1v) is 12.3. The molecule has 1 saturated carbocycles. The zero-order valence-electron chi connectivity index (χ0n) is 20.5. The van der Waals surface area contributed by atoms with Crippen LogP contribution in [0.15, 0.2) is 72.9 Å². The van der Waals surface area contributed by atoms with Gasteiger partial charge >= 0.3 is 18.1 Å². The Morgan fingerprint density at radius 3 is 2.16 bits per heavy atom. The number of hydrogen-bond donors (Lipinski definition) is 2. The molecule has 1 aliphatic carbocycles. The molecule has 0 radical (unpaired) electrons. The van der Waals surface area contributed by atoms with E-state index in [1.165, 1.54) is 54.3 Å². The number of carboxylic acids is 2. The monoisotopic (exact) mass is 524 g/mol. The molecule has 9 heteroatoms. The molecule has 198 valence electrons. The maximum absolute atomic E-state index is 11.8. The van der Waals surface area contributed by atoms with Crippen molar-refractivity contribution in [2.45, 2.75) is 50.7 Å². The van der Waals surface area contributed by atoms with E-state index in [9.17, 15) is 23.1 Å². The molecule has 2 aromatic heterocycles. The molecular formula is C29H27F3N2O4. The average Bonchev–Trinajstić information content (AvgIpc) is 3.23. The Hall–Kier alpha value is -4.14. The second kappa shape index (κ2) is 11.5. The van der Waals surface area contributed by atoms with Crippen LogP contribution in [0.25, 0.3) is 22.2 Å². The molecule has 1 fully saturated rings. The van der Waals surface area contributed by atoms with Crippen molar-refractivity contribution in [1.82, 2.24) is 9.55 Å². The number of aliphatic carboxylic acids is 1. The number of nitrogens with zero attached hydrogens (tertiary/aromatic N) is 2. The molecule has 5 rings (SSSR count). The SMILES string of the molecule is O=C(O)C(F)(F)F.O=C(O)c1ccc2c(C3CCCCC3)c(-c3ccccc3)n(Cc3ccccn3)c2c1. The summed E-state index contributed by atoms with van der Waals surface area (Å²) in [6.45, 7) is 0.608. The van der Waals surface area contributed by atoms with Gasteiger partial charge in [-0.25, -0.2) is 9.59 Å². The van der Waals surface area contributed by atoms with Gasteiger partial charge in [0, 0.05) is 11.6 Å². The van der Waals surface area contributed by atoms with Crippen LogP contribution >= 0.6 is 0 Å². The van der Waals surface area contributed by atoms with Crippen molar-refractivity contribution in [3.63, 3.8) is 0 Å². The Labute approximate surface area is 217 Å². The van der Waals surface area contributed by atoms with Crippen molar-refractivity contribution in [3.8, 4) is 11.3 Å². The van der Waals surface area contributed by atoms with Crippen LogP contribution in [0.5, 0.6) is 0 Å². The molecule has 0 unspecified atom stereocenters. The van der Waals surface area contributed by atoms with E-state index in [0.29, 0.717) is 18.0 Å². The number of aromatic nitrogens is 2. The van der Waals surface area contributed by atoms with Gasteiger partial charge in [0.05, 0.1) is 29.0 Å². The Bertz CT molecular complexity index is 1410. The lowest BCUT2D eigenvalue weighted by Crippen LogP contribution is -2.21. The largest absolute Gasteiger partial charge is 0.490 e. The molecule has 0 saturated heterocycles. The zero-order valence-corrected chi connectivity index (χ0v) is 20.5. The van der Waals surface area contributed by atoms with Crippen molar-refractivity contribution >= 4 is 22.8 Å². The number of benzene rings is 2. The number of pyridine rings is 1. The van der Waals surface area contributed by atoms with E-state index in [0.717, 1.165) is 11.2 Å². The van der Waals surface area contributed by atoms with Crippen LogP contribution < -0.4 is 0 Å². The lowest BCUT2D eigenvalue weighted by atomic mass is 9.82. The van der Waals surface area contributed by atoms with Gasteiger partial charge in [-0.1, -0.05) is 61.7 Å². The van der Waals surface area contributed by atoms with E-state index < -0.39 is 18.1 Å². The maximum atomic E-state index is 11.8. The minimum atomic E-state index is -5.08. The molecule has 38 heavy (non-hydrogen) atoms. The van der Waals surface area contributed by atoms with Gasteiger partial charge < -0.3 is 14.8 Å². The van der Waals surface area contributed by atoms with Gasteiger partial charge in [-0.2, -0.15) is 13.2 Å². The van der Waals surface area contributed by atoms with Crippen LogP contribution in [0.4, 0.5) is 13.2 Å². The third-order valence-electron chi connectivity index (χ3n) is 6.70. The highest BCUT2D eigenvalue weighted by atomic mass is 19.4. The third-order valence-corrected chi connectivity index (χ3v) is 6.70. The maximum Gasteiger partial charge on any atom is 0.490 e. The van der Waals surface area contributed by atoms with E-state index >= 15 is 0 Å². The predicted molar refractivity (Wildman–Crippen MR) is 137 cm³/mol. The van der Waals surface area contributed by atoms with E-state index in [1.54, 1.807) is 6.07 Å². The summed E-state index contributed by atoms with van der Waals surface area (Å²) in [6.07, 6.45) is 2.89. The van der Waals surface area contributed by atoms with Gasteiger partial charge in [-0.05, 0) is 54.2 Å². The van der Waals surface area contributed by atoms with Gasteiger partial charge in [-0.15, -0.1) is 0 Å². The molecule has 6 nitrogen and oxygen atoms in total. The molecule has 0 amide bonds. The van der Waals surface area contributed by atoms with Crippen LogP contribution in [0.3, 0.4) is 0 Å². The fourth-order valence-electron chi connectivity index (χ4n) is 5.04. The van der Waals surface area contributed by atoms with Crippen molar-refractivity contribution in [2.24, 2.45) is 0 Å². The minimum absolute atomic E-state index is 0.321. The molecular weight excluding hydrogens is 497 g/mol. The summed E-state index contributed by atoms with van der Waals surface area (Å²) in [5.41, 5.74) is 6.01. The molecule has 0 bridgehead atoms. The van der Waals surface area contributed by atoms with Gasteiger partial charge in [0.15, 0.2) is 0 Å². The minimum Gasteiger partial charge on any atom is -0.478 e. The smallest absolute Gasteiger partial charge is 0.478 e. The van der Waals surface area contributed by atoms with Crippen LogP contribution in [0, 0.1) is 0 Å². The predicted octanol–water partition coefficient (Wildman–Crippen LogP) is 7.13. The third kappa shape index (κ3) is 6.04. The van der Waals surface area contributed by atoms with Gasteiger partial charge in [-0.3, -0.25) is 4.98 Å².